The smallest absolute Gasteiger partial charge is 0.303 e. The molecule has 1 rings (SSSR count). The molecule has 0 aliphatic heterocycles. The van der Waals surface area contributed by atoms with Gasteiger partial charge in [-0.1, -0.05) is 12.1 Å². The molecule has 0 aliphatic rings. The molecule has 16 heavy (non-hydrogen) atoms. The van der Waals surface area contributed by atoms with E-state index in [9.17, 15) is 18.0 Å². The molecule has 0 amide bonds. The van der Waals surface area contributed by atoms with Crippen LogP contribution in [0.25, 0.3) is 0 Å². The van der Waals surface area contributed by atoms with Crippen LogP contribution < -0.4 is 0 Å². The first-order valence-corrected chi connectivity index (χ1v) is 4.77. The topological polar surface area (TPSA) is 37.3 Å². The lowest BCUT2D eigenvalue weighted by Gasteiger charge is -2.15. The second kappa shape index (κ2) is 5.01. The van der Waals surface area contributed by atoms with Crippen molar-refractivity contribution >= 4 is 5.97 Å². The maximum Gasteiger partial charge on any atom is 0.303 e. The highest BCUT2D eigenvalue weighted by molar-refractivity contribution is 5.66. The number of rotatable bonds is 5. The molecule has 0 aromatic heterocycles. The first kappa shape index (κ1) is 12.5. The van der Waals surface area contributed by atoms with Crippen molar-refractivity contribution in [1.29, 1.82) is 0 Å². The number of carbonyl (C=O) groups is 1. The Morgan fingerprint density at radius 2 is 1.81 bits per heavy atom. The summed E-state index contributed by atoms with van der Waals surface area (Å²) < 4.78 is 39.4. The van der Waals surface area contributed by atoms with E-state index in [2.05, 4.69) is 0 Å². The van der Waals surface area contributed by atoms with Crippen molar-refractivity contribution in [3.05, 3.63) is 35.6 Å². The first-order valence-electron chi connectivity index (χ1n) is 4.77. The molecule has 0 atom stereocenters. The molecule has 1 aromatic rings. The van der Waals surface area contributed by atoms with E-state index >= 15 is 0 Å². The first-order chi connectivity index (χ1) is 7.42. The Bertz CT molecular complexity index is 360. The number of alkyl halides is 2. The molecule has 1 N–H and O–H groups in total. The summed E-state index contributed by atoms with van der Waals surface area (Å²) in [5, 5.41) is 8.32. The lowest BCUT2D eigenvalue weighted by molar-refractivity contribution is -0.137. The third-order valence-electron chi connectivity index (χ3n) is 2.15. The lowest BCUT2D eigenvalue weighted by atomic mass is 10.0. The SMILES string of the molecule is O=C(O)CCCC(F)(F)c1ccc(F)cc1. The van der Waals surface area contributed by atoms with E-state index in [1.54, 1.807) is 0 Å². The van der Waals surface area contributed by atoms with Crippen LogP contribution in [0.15, 0.2) is 24.3 Å². The second-order valence-corrected chi connectivity index (χ2v) is 3.46. The van der Waals surface area contributed by atoms with Crippen molar-refractivity contribution in [1.82, 2.24) is 0 Å². The molecule has 0 saturated heterocycles. The highest BCUT2D eigenvalue weighted by Gasteiger charge is 2.30. The van der Waals surface area contributed by atoms with Gasteiger partial charge < -0.3 is 5.11 Å². The number of hydrogen-bond acceptors (Lipinski definition) is 1. The maximum atomic E-state index is 13.4. The maximum absolute atomic E-state index is 13.4. The Kier molecular flexibility index (Phi) is 3.93. The molecule has 0 heterocycles. The zero-order valence-corrected chi connectivity index (χ0v) is 8.42. The van der Waals surface area contributed by atoms with E-state index in [0.29, 0.717) is 0 Å². The lowest BCUT2D eigenvalue weighted by Crippen LogP contribution is -2.13. The fourth-order valence-electron chi connectivity index (χ4n) is 1.30. The van der Waals surface area contributed by atoms with Crippen molar-refractivity contribution in [3.8, 4) is 0 Å². The number of hydrogen-bond donors (Lipinski definition) is 1. The average molecular weight is 232 g/mol. The summed E-state index contributed by atoms with van der Waals surface area (Å²) in [6, 6.07) is 3.94. The van der Waals surface area contributed by atoms with Crippen LogP contribution in [0.4, 0.5) is 13.2 Å². The predicted octanol–water partition coefficient (Wildman–Crippen LogP) is 3.17. The fourth-order valence-corrected chi connectivity index (χ4v) is 1.30. The number of carboxylic acids is 1. The summed E-state index contributed by atoms with van der Waals surface area (Å²) in [5.74, 6) is -4.79. The van der Waals surface area contributed by atoms with E-state index in [1.807, 2.05) is 0 Å². The van der Waals surface area contributed by atoms with Crippen LogP contribution in [0.3, 0.4) is 0 Å². The minimum absolute atomic E-state index is 0.111. The standard InChI is InChI=1S/C11H11F3O2/c12-9-5-3-8(4-6-9)11(13,14)7-1-2-10(15)16/h3-6H,1-2,7H2,(H,15,16). The number of benzene rings is 1. The van der Waals surface area contributed by atoms with Crippen LogP contribution in [0, 0.1) is 5.82 Å². The summed E-state index contributed by atoms with van der Waals surface area (Å²) in [6.07, 6.45) is -0.957. The molecule has 0 spiro atoms. The van der Waals surface area contributed by atoms with Gasteiger partial charge in [0, 0.05) is 18.4 Å². The predicted molar refractivity (Wildman–Crippen MR) is 51.8 cm³/mol. The summed E-state index contributed by atoms with van der Waals surface area (Å²) >= 11 is 0. The summed E-state index contributed by atoms with van der Waals surface area (Å²) in [6.45, 7) is 0. The van der Waals surface area contributed by atoms with Crippen molar-refractivity contribution in [2.75, 3.05) is 0 Å². The van der Waals surface area contributed by atoms with Gasteiger partial charge in [-0.15, -0.1) is 0 Å². The second-order valence-electron chi connectivity index (χ2n) is 3.46. The largest absolute Gasteiger partial charge is 0.481 e. The molecular weight excluding hydrogens is 221 g/mol. The minimum atomic E-state index is -3.11. The molecule has 0 bridgehead atoms. The summed E-state index contributed by atoms with van der Waals surface area (Å²) in [7, 11) is 0. The molecule has 88 valence electrons. The van der Waals surface area contributed by atoms with Gasteiger partial charge in [0.05, 0.1) is 0 Å². The fraction of sp³-hybridized carbons (Fsp3) is 0.364. The van der Waals surface area contributed by atoms with E-state index in [0.717, 1.165) is 24.3 Å². The molecule has 5 heteroatoms. The average Bonchev–Trinajstić information content (AvgIpc) is 2.17. The monoisotopic (exact) mass is 232 g/mol. The van der Waals surface area contributed by atoms with Crippen molar-refractivity contribution < 1.29 is 23.1 Å². The van der Waals surface area contributed by atoms with Gasteiger partial charge in [-0.25, -0.2) is 13.2 Å². The molecule has 0 unspecified atom stereocenters. The highest BCUT2D eigenvalue weighted by atomic mass is 19.3. The van der Waals surface area contributed by atoms with Crippen LogP contribution in [0.1, 0.15) is 24.8 Å². The van der Waals surface area contributed by atoms with Crippen molar-refractivity contribution in [2.24, 2.45) is 0 Å². The Morgan fingerprint density at radius 3 is 2.31 bits per heavy atom. The van der Waals surface area contributed by atoms with Crippen LogP contribution in [-0.4, -0.2) is 11.1 Å². The van der Waals surface area contributed by atoms with Gasteiger partial charge in [0.25, 0.3) is 5.92 Å². The number of carboxylic acid groups (broad SMARTS) is 1. The molecule has 2 nitrogen and oxygen atoms in total. The summed E-state index contributed by atoms with van der Waals surface area (Å²) in [4.78, 5) is 10.2. The van der Waals surface area contributed by atoms with Crippen LogP contribution in [0.5, 0.6) is 0 Å². The third-order valence-corrected chi connectivity index (χ3v) is 2.15. The quantitative estimate of drug-likeness (QED) is 0.846. The summed E-state index contributed by atoms with van der Waals surface area (Å²) in [5.41, 5.74) is -0.292. The van der Waals surface area contributed by atoms with E-state index < -0.39 is 24.1 Å². The minimum Gasteiger partial charge on any atom is -0.481 e. The number of aliphatic carboxylic acids is 1. The van der Waals surface area contributed by atoms with Gasteiger partial charge in [-0.05, 0) is 18.6 Å². The normalized spacial score (nSPS) is 11.4. The Hall–Kier alpha value is -1.52. The molecule has 1 aromatic carbocycles. The van der Waals surface area contributed by atoms with Gasteiger partial charge in [0.1, 0.15) is 5.82 Å². The van der Waals surface area contributed by atoms with Crippen LogP contribution >= 0.6 is 0 Å². The zero-order valence-electron chi connectivity index (χ0n) is 8.42. The van der Waals surface area contributed by atoms with E-state index in [1.165, 1.54) is 0 Å². The zero-order chi connectivity index (χ0) is 12.2. The molecule has 0 radical (unpaired) electrons. The van der Waals surface area contributed by atoms with Gasteiger partial charge in [-0.3, -0.25) is 4.79 Å². The van der Waals surface area contributed by atoms with Gasteiger partial charge in [-0.2, -0.15) is 0 Å². The van der Waals surface area contributed by atoms with Crippen molar-refractivity contribution in [2.45, 2.75) is 25.2 Å². The molecule has 0 aliphatic carbocycles. The van der Waals surface area contributed by atoms with Gasteiger partial charge in [0.15, 0.2) is 0 Å². The number of halogens is 3. The van der Waals surface area contributed by atoms with Gasteiger partial charge >= 0.3 is 5.97 Å². The Labute approximate surface area is 90.7 Å². The molecule has 0 saturated carbocycles. The van der Waals surface area contributed by atoms with Crippen LogP contribution in [0.2, 0.25) is 0 Å². The van der Waals surface area contributed by atoms with Gasteiger partial charge in [0.2, 0.25) is 0 Å². The third kappa shape index (κ3) is 3.56. The Morgan fingerprint density at radius 1 is 1.25 bits per heavy atom. The van der Waals surface area contributed by atoms with Crippen molar-refractivity contribution in [3.63, 3.8) is 0 Å². The van der Waals surface area contributed by atoms with E-state index in [4.69, 9.17) is 5.11 Å². The molecular formula is C11H11F3O2. The van der Waals surface area contributed by atoms with E-state index in [-0.39, 0.29) is 18.4 Å². The molecule has 0 fully saturated rings. The highest BCUT2D eigenvalue weighted by Crippen LogP contribution is 2.33. The Balaban J connectivity index is 2.62. The van der Waals surface area contributed by atoms with Crippen LogP contribution in [-0.2, 0) is 10.7 Å².